The third-order valence-electron chi connectivity index (χ3n) is 3.10. The zero-order chi connectivity index (χ0) is 15.1. The maximum Gasteiger partial charge on any atom is 0.331 e. The van der Waals surface area contributed by atoms with Crippen LogP contribution in [-0.4, -0.2) is 27.2 Å². The molecule has 0 spiro atoms. The third-order valence-corrected chi connectivity index (χ3v) is 3.10. The van der Waals surface area contributed by atoms with E-state index >= 15 is 0 Å². The molecular weight excluding hydrogens is 266 g/mol. The molecule has 0 saturated heterocycles. The molecule has 5 heteroatoms. The number of carbonyl (C=O) groups is 1. The lowest BCUT2D eigenvalue weighted by atomic mass is 10.1. The molecule has 0 fully saturated rings. The molecule has 1 aromatic heterocycles. The zero-order valence-electron chi connectivity index (χ0n) is 11.8. The van der Waals surface area contributed by atoms with Crippen LogP contribution in [0, 0.1) is 0 Å². The number of nitrogens with two attached hydrogens (primary N) is 1. The number of hydrogen-bond donors (Lipinski definition) is 2. The van der Waals surface area contributed by atoms with E-state index in [4.69, 9.17) is 10.8 Å². The van der Waals surface area contributed by atoms with Gasteiger partial charge in [-0.25, -0.2) is 9.78 Å². The third kappa shape index (κ3) is 4.57. The van der Waals surface area contributed by atoms with Crippen LogP contribution in [0.3, 0.4) is 0 Å². The van der Waals surface area contributed by atoms with Crippen LogP contribution in [-0.2, 0) is 17.8 Å². The van der Waals surface area contributed by atoms with Crippen molar-refractivity contribution in [1.82, 2.24) is 9.55 Å². The topological polar surface area (TPSA) is 81.1 Å². The minimum absolute atomic E-state index is 0.317. The van der Waals surface area contributed by atoms with E-state index in [-0.39, 0.29) is 0 Å². The van der Waals surface area contributed by atoms with Gasteiger partial charge in [0.2, 0.25) is 0 Å². The number of hydrogen-bond acceptors (Lipinski definition) is 3. The largest absolute Gasteiger partial charge is 0.478 e. The first kappa shape index (κ1) is 15.0. The Hall–Kier alpha value is -2.40. The molecule has 0 aliphatic carbocycles. The van der Waals surface area contributed by atoms with Crippen LogP contribution in [0.15, 0.2) is 54.5 Å². The molecule has 1 aromatic carbocycles. The molecule has 0 amide bonds. The second kappa shape index (κ2) is 7.40. The predicted molar refractivity (Wildman–Crippen MR) is 80.9 cm³/mol. The van der Waals surface area contributed by atoms with Crippen molar-refractivity contribution in [3.63, 3.8) is 0 Å². The van der Waals surface area contributed by atoms with Gasteiger partial charge < -0.3 is 15.4 Å². The van der Waals surface area contributed by atoms with Crippen LogP contribution in [0.2, 0.25) is 0 Å². The molecule has 0 aliphatic rings. The second-order valence-corrected chi connectivity index (χ2v) is 4.81. The van der Waals surface area contributed by atoms with Crippen molar-refractivity contribution in [2.45, 2.75) is 19.4 Å². The summed E-state index contributed by atoms with van der Waals surface area (Å²) < 4.78 is 1.95. The van der Waals surface area contributed by atoms with Crippen molar-refractivity contribution in [3.8, 4) is 0 Å². The lowest BCUT2D eigenvalue weighted by molar-refractivity contribution is -0.132. The van der Waals surface area contributed by atoms with Crippen molar-refractivity contribution in [2.75, 3.05) is 6.54 Å². The second-order valence-electron chi connectivity index (χ2n) is 4.81. The van der Waals surface area contributed by atoms with Gasteiger partial charge in [0, 0.05) is 24.7 Å². The van der Waals surface area contributed by atoms with Crippen LogP contribution >= 0.6 is 0 Å². The van der Waals surface area contributed by atoms with Gasteiger partial charge in [0.1, 0.15) is 0 Å². The normalized spacial score (nSPS) is 11.6. The number of rotatable bonds is 7. The van der Waals surface area contributed by atoms with Gasteiger partial charge in [-0.2, -0.15) is 0 Å². The summed E-state index contributed by atoms with van der Waals surface area (Å²) >= 11 is 0. The summed E-state index contributed by atoms with van der Waals surface area (Å²) in [6, 6.07) is 10.0. The van der Waals surface area contributed by atoms with Gasteiger partial charge in [0.15, 0.2) is 0 Å². The van der Waals surface area contributed by atoms with E-state index in [1.165, 1.54) is 5.56 Å². The van der Waals surface area contributed by atoms with Crippen LogP contribution in [0.4, 0.5) is 0 Å². The maximum atomic E-state index is 11.2. The first-order valence-corrected chi connectivity index (χ1v) is 6.86. The fourth-order valence-electron chi connectivity index (χ4n) is 2.07. The van der Waals surface area contributed by atoms with Gasteiger partial charge in [0.05, 0.1) is 12.0 Å². The number of nitrogens with zero attached hydrogens (tertiary/aromatic N) is 2. The van der Waals surface area contributed by atoms with Gasteiger partial charge in [-0.3, -0.25) is 0 Å². The summed E-state index contributed by atoms with van der Waals surface area (Å²) in [4.78, 5) is 15.4. The zero-order valence-corrected chi connectivity index (χ0v) is 11.8. The highest BCUT2D eigenvalue weighted by molar-refractivity contribution is 5.86. The molecule has 0 atom stereocenters. The quantitative estimate of drug-likeness (QED) is 0.760. The van der Waals surface area contributed by atoms with Crippen LogP contribution in [0.1, 0.15) is 17.7 Å². The summed E-state index contributed by atoms with van der Waals surface area (Å²) in [6.07, 6.45) is 6.15. The Morgan fingerprint density at radius 3 is 2.76 bits per heavy atom. The highest BCUT2D eigenvalue weighted by atomic mass is 16.4. The Morgan fingerprint density at radius 1 is 1.33 bits per heavy atom. The van der Waals surface area contributed by atoms with Gasteiger partial charge in [0.25, 0.3) is 0 Å². The minimum Gasteiger partial charge on any atom is -0.478 e. The monoisotopic (exact) mass is 285 g/mol. The molecule has 0 aliphatic heterocycles. The van der Waals surface area contributed by atoms with E-state index < -0.39 is 5.97 Å². The minimum atomic E-state index is -0.916. The van der Waals surface area contributed by atoms with Gasteiger partial charge in [-0.05, 0) is 18.5 Å². The molecule has 5 nitrogen and oxygen atoms in total. The Morgan fingerprint density at radius 2 is 2.10 bits per heavy atom. The SMILES string of the molecule is NCC/C=C(/Cc1cn(Cc2ccccc2)cn1)C(=O)O. The van der Waals surface area contributed by atoms with Gasteiger partial charge >= 0.3 is 5.97 Å². The number of carboxylic acid groups (broad SMARTS) is 1. The summed E-state index contributed by atoms with van der Waals surface area (Å²) in [7, 11) is 0. The van der Waals surface area contributed by atoms with E-state index in [9.17, 15) is 4.79 Å². The maximum absolute atomic E-state index is 11.2. The first-order chi connectivity index (χ1) is 10.2. The predicted octanol–water partition coefficient (Wildman–Crippen LogP) is 1.83. The van der Waals surface area contributed by atoms with E-state index in [2.05, 4.69) is 4.98 Å². The van der Waals surface area contributed by atoms with Crippen LogP contribution < -0.4 is 5.73 Å². The van der Waals surface area contributed by atoms with Crippen molar-refractivity contribution in [2.24, 2.45) is 5.73 Å². The fraction of sp³-hybridized carbons (Fsp3) is 0.250. The highest BCUT2D eigenvalue weighted by Gasteiger charge is 2.10. The number of imidazole rings is 1. The lowest BCUT2D eigenvalue weighted by Crippen LogP contribution is -2.06. The summed E-state index contributed by atoms with van der Waals surface area (Å²) in [5.41, 5.74) is 7.67. The fourth-order valence-corrected chi connectivity index (χ4v) is 2.07. The number of aliphatic carboxylic acids is 1. The summed E-state index contributed by atoms with van der Waals surface area (Å²) in [5.74, 6) is -0.916. The number of carboxylic acids is 1. The summed E-state index contributed by atoms with van der Waals surface area (Å²) in [5, 5.41) is 9.16. The molecule has 0 radical (unpaired) electrons. The number of benzene rings is 1. The van der Waals surface area contributed by atoms with Crippen LogP contribution in [0.5, 0.6) is 0 Å². The molecule has 1 heterocycles. The molecule has 21 heavy (non-hydrogen) atoms. The lowest BCUT2D eigenvalue weighted by Gasteiger charge is -2.02. The van der Waals surface area contributed by atoms with Gasteiger partial charge in [-0.1, -0.05) is 36.4 Å². The Balaban J connectivity index is 2.04. The average molecular weight is 285 g/mol. The molecule has 2 rings (SSSR count). The van der Waals surface area contributed by atoms with E-state index in [0.29, 0.717) is 25.0 Å². The van der Waals surface area contributed by atoms with Crippen molar-refractivity contribution >= 4 is 5.97 Å². The Bertz CT molecular complexity index is 617. The molecule has 110 valence electrons. The van der Waals surface area contributed by atoms with Crippen LogP contribution in [0.25, 0.3) is 0 Å². The average Bonchev–Trinajstić information content (AvgIpc) is 2.91. The number of aromatic nitrogens is 2. The van der Waals surface area contributed by atoms with Crippen molar-refractivity contribution in [1.29, 1.82) is 0 Å². The highest BCUT2D eigenvalue weighted by Crippen LogP contribution is 2.09. The van der Waals surface area contributed by atoms with Gasteiger partial charge in [-0.15, -0.1) is 0 Å². The van der Waals surface area contributed by atoms with E-state index in [1.807, 2.05) is 41.1 Å². The van der Waals surface area contributed by atoms with Crippen molar-refractivity contribution in [3.05, 3.63) is 65.8 Å². The molecule has 0 bridgehead atoms. The van der Waals surface area contributed by atoms with Crippen molar-refractivity contribution < 1.29 is 9.90 Å². The van der Waals surface area contributed by atoms with E-state index in [1.54, 1.807) is 12.4 Å². The molecule has 0 unspecified atom stereocenters. The van der Waals surface area contributed by atoms with E-state index in [0.717, 1.165) is 12.2 Å². The molecule has 2 aromatic rings. The Labute approximate surface area is 123 Å². The first-order valence-electron chi connectivity index (χ1n) is 6.86. The standard InChI is InChI=1S/C16H19N3O2/c17-8-4-7-14(16(20)21)9-15-11-19(12-18-15)10-13-5-2-1-3-6-13/h1-3,5-7,11-12H,4,8-10,17H2,(H,20,21)/b14-7-. The molecule has 3 N–H and O–H groups in total. The molecule has 0 saturated carbocycles. The molecular formula is C16H19N3O2. The smallest absolute Gasteiger partial charge is 0.331 e. The Kier molecular flexibility index (Phi) is 5.29. The summed E-state index contributed by atoms with van der Waals surface area (Å²) in [6.45, 7) is 1.17.